The number of carbonyl (C=O) groups is 2. The molecule has 1 saturated carbocycles. The Balaban J connectivity index is 1.70. The predicted octanol–water partition coefficient (Wildman–Crippen LogP) is 4.37. The smallest absolute Gasteiger partial charge is 0.367 e. The Kier molecular flexibility index (Phi) is 7.07. The normalized spacial score (nSPS) is 20.4. The highest BCUT2D eigenvalue weighted by molar-refractivity contribution is 6.35. The minimum atomic E-state index is -3.70. The maximum absolute atomic E-state index is 14.7. The molecule has 0 aromatic heterocycles. The molecule has 5 rings (SSSR count). The van der Waals surface area contributed by atoms with Crippen LogP contribution in [0, 0.1) is 17.7 Å². The van der Waals surface area contributed by atoms with E-state index < -0.39 is 29.3 Å². The van der Waals surface area contributed by atoms with Gasteiger partial charge in [-0.1, -0.05) is 42.3 Å². The third kappa shape index (κ3) is 4.97. The van der Waals surface area contributed by atoms with Crippen molar-refractivity contribution in [2.24, 2.45) is 17.6 Å². The summed E-state index contributed by atoms with van der Waals surface area (Å²) in [6.45, 7) is 2.79. The van der Waals surface area contributed by atoms with Crippen molar-refractivity contribution in [1.29, 1.82) is 0 Å². The lowest BCUT2D eigenvalue weighted by molar-refractivity contribution is -0.304. The Morgan fingerprint density at radius 3 is 2.38 bits per heavy atom. The summed E-state index contributed by atoms with van der Waals surface area (Å²) in [7, 11) is 0. The van der Waals surface area contributed by atoms with Gasteiger partial charge in [0.25, 0.3) is 5.91 Å². The topological polar surface area (TPSA) is 127 Å². The van der Waals surface area contributed by atoms with Crippen LogP contribution in [0.15, 0.2) is 54.6 Å². The fourth-order valence-electron chi connectivity index (χ4n) is 5.74. The first-order valence-electron chi connectivity index (χ1n) is 12.3. The maximum Gasteiger partial charge on any atom is 0.376 e. The summed E-state index contributed by atoms with van der Waals surface area (Å²) < 4.78 is 14.7. The van der Waals surface area contributed by atoms with Crippen LogP contribution in [0.25, 0.3) is 11.1 Å². The quantitative estimate of drug-likeness (QED) is 0.324. The SMILES string of the molecule is CC1CC2CC1CN2c1cc(-c2cc(C(N)=O)ccc2Cl)ccc1N(C(=O)c1c(F)cccc1Cl)C(O)(O)O. The summed E-state index contributed by atoms with van der Waals surface area (Å²) in [6, 6.07) is 12.9. The van der Waals surface area contributed by atoms with E-state index in [-0.39, 0.29) is 22.3 Å². The standard InChI is InChI=1S/C28H26Cl2FN3O5/c1-14-9-18-10-17(14)13-33(18)24-12-15(19-11-16(26(32)35)5-7-20(19)29)6-8-23(24)34(28(37,38)39)27(36)25-21(30)3-2-4-22(25)31/h2-8,11-12,14,17-18,37-39H,9-10,13H2,1H3,(H2,32,35). The summed E-state index contributed by atoms with van der Waals surface area (Å²) in [5.74, 6) is -2.03. The van der Waals surface area contributed by atoms with Gasteiger partial charge in [0.1, 0.15) is 5.82 Å². The van der Waals surface area contributed by atoms with E-state index >= 15 is 0 Å². The van der Waals surface area contributed by atoms with Crippen molar-refractivity contribution in [1.82, 2.24) is 0 Å². The summed E-state index contributed by atoms with van der Waals surface area (Å²) in [5, 5.41) is 31.2. The molecular weight excluding hydrogens is 548 g/mol. The van der Waals surface area contributed by atoms with E-state index in [1.54, 1.807) is 12.1 Å². The van der Waals surface area contributed by atoms with E-state index in [9.17, 15) is 29.3 Å². The first-order valence-corrected chi connectivity index (χ1v) is 13.1. The van der Waals surface area contributed by atoms with Gasteiger partial charge in [-0.2, -0.15) is 0 Å². The van der Waals surface area contributed by atoms with Crippen LogP contribution in [-0.2, 0) is 0 Å². The lowest BCUT2D eigenvalue weighted by atomic mass is 9.95. The van der Waals surface area contributed by atoms with Gasteiger partial charge in [0.2, 0.25) is 5.91 Å². The Labute approximate surface area is 234 Å². The number of rotatable bonds is 6. The first-order chi connectivity index (χ1) is 18.4. The van der Waals surface area contributed by atoms with Crippen molar-refractivity contribution in [3.8, 4) is 11.1 Å². The molecule has 3 unspecified atom stereocenters. The second kappa shape index (κ2) is 10.1. The number of hydrogen-bond donors (Lipinski definition) is 4. The lowest BCUT2D eigenvalue weighted by Crippen LogP contribution is -2.53. The molecule has 39 heavy (non-hydrogen) atoms. The number of fused-ring (bicyclic) bond motifs is 2. The number of primary amides is 1. The lowest BCUT2D eigenvalue weighted by Gasteiger charge is -2.38. The number of amides is 2. The minimum Gasteiger partial charge on any atom is -0.367 e. The fourth-order valence-corrected chi connectivity index (χ4v) is 6.21. The Morgan fingerprint density at radius 1 is 1.05 bits per heavy atom. The highest BCUT2D eigenvalue weighted by Crippen LogP contribution is 2.48. The minimum absolute atomic E-state index is 0.0852. The van der Waals surface area contributed by atoms with Gasteiger partial charge in [-0.05, 0) is 72.7 Å². The summed E-state index contributed by atoms with van der Waals surface area (Å²) >= 11 is 12.6. The number of hydrogen-bond acceptors (Lipinski definition) is 6. The van der Waals surface area contributed by atoms with E-state index in [1.165, 1.54) is 36.4 Å². The second-order valence-corrected chi connectivity index (χ2v) is 10.9. The number of halogens is 3. The van der Waals surface area contributed by atoms with Crippen LogP contribution in [0.5, 0.6) is 0 Å². The van der Waals surface area contributed by atoms with Crippen molar-refractivity contribution in [3.05, 3.63) is 81.6 Å². The fraction of sp³-hybridized carbons (Fsp3) is 0.286. The average Bonchev–Trinajstić information content (AvgIpc) is 3.43. The summed E-state index contributed by atoms with van der Waals surface area (Å²) in [4.78, 5) is 27.7. The molecule has 1 saturated heterocycles. The number of nitrogens with zero attached hydrogens (tertiary/aromatic N) is 2. The molecule has 8 nitrogen and oxygen atoms in total. The van der Waals surface area contributed by atoms with Crippen LogP contribution in [0.4, 0.5) is 15.8 Å². The molecule has 0 radical (unpaired) electrons. The summed E-state index contributed by atoms with van der Waals surface area (Å²) in [5.41, 5.74) is 6.39. The highest BCUT2D eigenvalue weighted by atomic mass is 35.5. The van der Waals surface area contributed by atoms with Crippen LogP contribution < -0.4 is 15.5 Å². The molecule has 3 aromatic rings. The van der Waals surface area contributed by atoms with E-state index in [0.29, 0.717) is 45.1 Å². The zero-order chi connectivity index (χ0) is 28.2. The van der Waals surface area contributed by atoms with Crippen LogP contribution in [0.2, 0.25) is 10.0 Å². The summed E-state index contributed by atoms with van der Waals surface area (Å²) in [6.07, 6.45) is -1.92. The van der Waals surface area contributed by atoms with Crippen molar-refractivity contribution in [2.75, 3.05) is 16.3 Å². The maximum atomic E-state index is 14.7. The zero-order valence-corrected chi connectivity index (χ0v) is 22.3. The average molecular weight is 574 g/mol. The van der Waals surface area contributed by atoms with Crippen molar-refractivity contribution in [2.45, 2.75) is 31.9 Å². The molecule has 2 aliphatic rings. The number of nitrogens with two attached hydrogens (primary N) is 1. The van der Waals surface area contributed by atoms with Gasteiger partial charge in [-0.15, -0.1) is 0 Å². The molecule has 11 heteroatoms. The number of aliphatic hydroxyl groups is 3. The number of carbonyl (C=O) groups excluding carboxylic acids is 2. The number of benzene rings is 3. The van der Waals surface area contributed by atoms with Gasteiger partial charge in [0.05, 0.1) is 22.0 Å². The van der Waals surface area contributed by atoms with Crippen LogP contribution in [0.1, 0.15) is 40.5 Å². The molecule has 3 aromatic carbocycles. The molecule has 5 N–H and O–H groups in total. The predicted molar refractivity (Wildman–Crippen MR) is 146 cm³/mol. The van der Waals surface area contributed by atoms with E-state index in [1.807, 2.05) is 4.90 Å². The Hall–Kier alpha value is -3.21. The number of piperidine rings is 1. The van der Waals surface area contributed by atoms with Gasteiger partial charge < -0.3 is 26.0 Å². The largest absolute Gasteiger partial charge is 0.376 e. The number of anilines is 2. The Bertz CT molecular complexity index is 1460. The van der Waals surface area contributed by atoms with Crippen LogP contribution >= 0.6 is 23.2 Å². The monoisotopic (exact) mass is 573 g/mol. The van der Waals surface area contributed by atoms with Gasteiger partial charge in [0.15, 0.2) is 0 Å². The van der Waals surface area contributed by atoms with Crippen molar-refractivity contribution in [3.63, 3.8) is 0 Å². The molecule has 1 aliphatic heterocycles. The highest BCUT2D eigenvalue weighted by Gasteiger charge is 2.45. The Morgan fingerprint density at radius 2 is 1.79 bits per heavy atom. The van der Waals surface area contributed by atoms with E-state index in [2.05, 4.69) is 6.92 Å². The molecule has 1 heterocycles. The first kappa shape index (κ1) is 27.4. The second-order valence-electron chi connectivity index (χ2n) is 10.1. The van der Waals surface area contributed by atoms with Crippen LogP contribution in [0.3, 0.4) is 0 Å². The molecule has 1 aliphatic carbocycles. The molecule has 0 spiro atoms. The third-order valence-electron chi connectivity index (χ3n) is 7.66. The van der Waals surface area contributed by atoms with Gasteiger partial charge >= 0.3 is 6.10 Å². The molecule has 204 valence electrons. The third-order valence-corrected chi connectivity index (χ3v) is 8.31. The van der Waals surface area contributed by atoms with Crippen LogP contribution in [-0.4, -0.2) is 45.8 Å². The van der Waals surface area contributed by atoms with Gasteiger partial charge in [-0.3, -0.25) is 9.59 Å². The molecule has 2 fully saturated rings. The van der Waals surface area contributed by atoms with Gasteiger partial charge in [0, 0.05) is 28.7 Å². The molecule has 2 bridgehead atoms. The van der Waals surface area contributed by atoms with Crippen molar-refractivity contribution >= 4 is 46.4 Å². The van der Waals surface area contributed by atoms with Gasteiger partial charge in [-0.25, -0.2) is 9.29 Å². The van der Waals surface area contributed by atoms with E-state index in [0.717, 1.165) is 18.9 Å². The molecule has 2 amide bonds. The molecular formula is C28H26Cl2FN3O5. The molecule has 3 atom stereocenters. The van der Waals surface area contributed by atoms with E-state index in [4.69, 9.17) is 28.9 Å². The van der Waals surface area contributed by atoms with Crippen molar-refractivity contribution < 1.29 is 29.3 Å². The zero-order valence-electron chi connectivity index (χ0n) is 20.8.